The van der Waals surface area contributed by atoms with Gasteiger partial charge in [0.05, 0.1) is 11.7 Å². The Morgan fingerprint density at radius 1 is 1.62 bits per heavy atom. The topological polar surface area (TPSA) is 64.4 Å². The Kier molecular flexibility index (Phi) is 3.70. The molecule has 0 amide bonds. The largest absolute Gasteiger partial charge is 0.479 e. The van der Waals surface area contributed by atoms with Crippen LogP contribution in [0.4, 0.5) is 0 Å². The Morgan fingerprint density at radius 3 is 2.62 bits per heavy atom. The SMILES string of the molecule is COC(Cc1cnn(C(C)(C)C)c1)C(=O)O. The van der Waals surface area contributed by atoms with E-state index in [1.165, 1.54) is 7.11 Å². The van der Waals surface area contributed by atoms with E-state index in [0.717, 1.165) is 5.56 Å². The Balaban J connectivity index is 2.76. The van der Waals surface area contributed by atoms with Crippen LogP contribution in [0.3, 0.4) is 0 Å². The van der Waals surface area contributed by atoms with E-state index < -0.39 is 12.1 Å². The molecule has 0 aliphatic rings. The van der Waals surface area contributed by atoms with E-state index in [1.807, 2.05) is 31.6 Å². The minimum Gasteiger partial charge on any atom is -0.479 e. The van der Waals surface area contributed by atoms with E-state index in [4.69, 9.17) is 9.84 Å². The highest BCUT2D eigenvalue weighted by molar-refractivity contribution is 5.72. The minimum atomic E-state index is -0.953. The fourth-order valence-electron chi connectivity index (χ4n) is 1.32. The van der Waals surface area contributed by atoms with E-state index in [2.05, 4.69) is 5.10 Å². The van der Waals surface area contributed by atoms with Gasteiger partial charge in [-0.2, -0.15) is 5.10 Å². The maximum absolute atomic E-state index is 10.8. The van der Waals surface area contributed by atoms with Gasteiger partial charge in [-0.1, -0.05) is 0 Å². The summed E-state index contributed by atoms with van der Waals surface area (Å²) in [4.78, 5) is 10.8. The zero-order valence-electron chi connectivity index (χ0n) is 10.1. The molecule has 5 nitrogen and oxygen atoms in total. The van der Waals surface area contributed by atoms with Crippen LogP contribution in [-0.2, 0) is 21.5 Å². The highest BCUT2D eigenvalue weighted by Crippen LogP contribution is 2.14. The lowest BCUT2D eigenvalue weighted by atomic mass is 10.1. The monoisotopic (exact) mass is 226 g/mol. The molecule has 1 aromatic heterocycles. The second-order valence-electron chi connectivity index (χ2n) is 4.73. The molecule has 1 unspecified atom stereocenters. The number of nitrogens with zero attached hydrogens (tertiary/aromatic N) is 2. The van der Waals surface area contributed by atoms with Gasteiger partial charge in [-0.3, -0.25) is 4.68 Å². The standard InChI is InChI=1S/C11H18N2O3/c1-11(2,3)13-7-8(6-12-13)5-9(16-4)10(14)15/h6-7,9H,5H2,1-4H3,(H,14,15). The van der Waals surface area contributed by atoms with E-state index in [-0.39, 0.29) is 5.54 Å². The van der Waals surface area contributed by atoms with Gasteiger partial charge in [0.1, 0.15) is 0 Å². The molecular weight excluding hydrogens is 208 g/mol. The van der Waals surface area contributed by atoms with Crippen molar-refractivity contribution in [3.8, 4) is 0 Å². The fraction of sp³-hybridized carbons (Fsp3) is 0.636. The van der Waals surface area contributed by atoms with Gasteiger partial charge in [-0.05, 0) is 26.3 Å². The molecule has 1 atom stereocenters. The van der Waals surface area contributed by atoms with Crippen LogP contribution in [-0.4, -0.2) is 34.1 Å². The van der Waals surface area contributed by atoms with E-state index in [0.29, 0.717) is 6.42 Å². The molecule has 0 spiro atoms. The average molecular weight is 226 g/mol. The lowest BCUT2D eigenvalue weighted by Crippen LogP contribution is -2.25. The van der Waals surface area contributed by atoms with Gasteiger partial charge in [0.2, 0.25) is 0 Å². The van der Waals surface area contributed by atoms with Gasteiger partial charge in [0.15, 0.2) is 6.10 Å². The number of rotatable bonds is 4. The molecule has 0 saturated heterocycles. The first-order valence-corrected chi connectivity index (χ1v) is 5.14. The van der Waals surface area contributed by atoms with Crippen LogP contribution in [0, 0.1) is 0 Å². The summed E-state index contributed by atoms with van der Waals surface area (Å²) in [5, 5.41) is 13.1. The van der Waals surface area contributed by atoms with Crippen LogP contribution < -0.4 is 0 Å². The number of aromatic nitrogens is 2. The van der Waals surface area contributed by atoms with Crippen LogP contribution >= 0.6 is 0 Å². The summed E-state index contributed by atoms with van der Waals surface area (Å²) in [5.74, 6) is -0.953. The molecule has 0 aliphatic carbocycles. The quantitative estimate of drug-likeness (QED) is 0.840. The number of methoxy groups -OCH3 is 1. The van der Waals surface area contributed by atoms with Crippen molar-refractivity contribution in [3.63, 3.8) is 0 Å². The zero-order valence-corrected chi connectivity index (χ0v) is 10.1. The molecule has 0 fully saturated rings. The third kappa shape index (κ3) is 3.06. The molecule has 0 bridgehead atoms. The number of carboxylic acid groups (broad SMARTS) is 1. The zero-order chi connectivity index (χ0) is 12.3. The fourth-order valence-corrected chi connectivity index (χ4v) is 1.32. The maximum Gasteiger partial charge on any atom is 0.333 e. The smallest absolute Gasteiger partial charge is 0.333 e. The summed E-state index contributed by atoms with van der Waals surface area (Å²) in [6.45, 7) is 6.11. The van der Waals surface area contributed by atoms with E-state index in [1.54, 1.807) is 6.20 Å². The number of hydrogen-bond acceptors (Lipinski definition) is 3. The predicted octanol–water partition coefficient (Wildman–Crippen LogP) is 1.28. The molecule has 0 radical (unpaired) electrons. The third-order valence-corrected chi connectivity index (χ3v) is 2.30. The summed E-state index contributed by atoms with van der Waals surface area (Å²) in [6.07, 6.45) is 3.06. The molecule has 0 aliphatic heterocycles. The van der Waals surface area contributed by atoms with Gasteiger partial charge >= 0.3 is 5.97 Å². The van der Waals surface area contributed by atoms with Gasteiger partial charge < -0.3 is 9.84 Å². The molecule has 1 heterocycles. The highest BCUT2D eigenvalue weighted by atomic mass is 16.5. The second kappa shape index (κ2) is 4.65. The number of hydrogen-bond donors (Lipinski definition) is 1. The maximum atomic E-state index is 10.8. The van der Waals surface area contributed by atoms with E-state index >= 15 is 0 Å². The molecule has 5 heteroatoms. The molecule has 1 N–H and O–H groups in total. The van der Waals surface area contributed by atoms with Gasteiger partial charge in [0, 0.05) is 19.7 Å². The molecular formula is C11H18N2O3. The first-order chi connectivity index (χ1) is 7.34. The normalized spacial score (nSPS) is 13.8. The number of ether oxygens (including phenoxy) is 1. The number of carboxylic acids is 1. The Labute approximate surface area is 95.0 Å². The summed E-state index contributed by atoms with van der Waals surface area (Å²) in [5.41, 5.74) is 0.772. The Bertz CT molecular complexity index is 366. The van der Waals surface area contributed by atoms with E-state index in [9.17, 15) is 4.79 Å². The predicted molar refractivity (Wildman–Crippen MR) is 59.4 cm³/mol. The number of aliphatic carboxylic acids is 1. The summed E-state index contributed by atoms with van der Waals surface area (Å²) in [6, 6.07) is 0. The van der Waals surface area contributed by atoms with Crippen LogP contribution in [0.1, 0.15) is 26.3 Å². The highest BCUT2D eigenvalue weighted by Gasteiger charge is 2.19. The Hall–Kier alpha value is -1.36. The number of carbonyl (C=O) groups is 1. The van der Waals surface area contributed by atoms with Crippen LogP contribution in [0.25, 0.3) is 0 Å². The first-order valence-electron chi connectivity index (χ1n) is 5.14. The van der Waals surface area contributed by atoms with Crippen molar-refractivity contribution in [2.24, 2.45) is 0 Å². The molecule has 0 saturated carbocycles. The van der Waals surface area contributed by atoms with Crippen LogP contribution in [0.15, 0.2) is 12.4 Å². The summed E-state index contributed by atoms with van der Waals surface area (Å²) < 4.78 is 6.69. The van der Waals surface area contributed by atoms with Crippen molar-refractivity contribution in [1.82, 2.24) is 9.78 Å². The molecule has 1 aromatic rings. The average Bonchev–Trinajstić information content (AvgIpc) is 2.61. The van der Waals surface area contributed by atoms with Gasteiger partial charge in [0.25, 0.3) is 0 Å². The molecule has 1 rings (SSSR count). The lowest BCUT2D eigenvalue weighted by molar-refractivity contribution is -0.148. The minimum absolute atomic E-state index is 0.0932. The summed E-state index contributed by atoms with van der Waals surface area (Å²) >= 11 is 0. The van der Waals surface area contributed by atoms with Crippen LogP contribution in [0.2, 0.25) is 0 Å². The van der Waals surface area contributed by atoms with Crippen molar-refractivity contribution in [2.45, 2.75) is 38.8 Å². The molecule has 90 valence electrons. The van der Waals surface area contributed by atoms with Gasteiger partial charge in [-0.15, -0.1) is 0 Å². The van der Waals surface area contributed by atoms with Crippen molar-refractivity contribution in [1.29, 1.82) is 0 Å². The first kappa shape index (κ1) is 12.7. The molecule has 0 aromatic carbocycles. The van der Waals surface area contributed by atoms with Crippen LogP contribution in [0.5, 0.6) is 0 Å². The van der Waals surface area contributed by atoms with Gasteiger partial charge in [-0.25, -0.2) is 4.79 Å². The lowest BCUT2D eigenvalue weighted by Gasteiger charge is -2.18. The Morgan fingerprint density at radius 2 is 2.25 bits per heavy atom. The molecule has 16 heavy (non-hydrogen) atoms. The van der Waals surface area contributed by atoms with Crippen molar-refractivity contribution in [3.05, 3.63) is 18.0 Å². The van der Waals surface area contributed by atoms with Crippen molar-refractivity contribution < 1.29 is 14.6 Å². The van der Waals surface area contributed by atoms with Crippen molar-refractivity contribution in [2.75, 3.05) is 7.11 Å². The third-order valence-electron chi connectivity index (χ3n) is 2.30. The summed E-state index contributed by atoms with van der Waals surface area (Å²) in [7, 11) is 1.40. The second-order valence-corrected chi connectivity index (χ2v) is 4.73. The van der Waals surface area contributed by atoms with Crippen molar-refractivity contribution >= 4 is 5.97 Å².